The third-order valence-corrected chi connectivity index (χ3v) is 3.79. The molecule has 2 aromatic heterocycles. The number of aliphatic carboxylic acids is 1. The van der Waals surface area contributed by atoms with E-state index in [-0.39, 0.29) is 12.3 Å². The van der Waals surface area contributed by atoms with E-state index in [1.165, 1.54) is 0 Å². The Hall–Kier alpha value is -3.35. The fourth-order valence-corrected chi connectivity index (χ4v) is 2.44. The van der Waals surface area contributed by atoms with Crippen molar-refractivity contribution in [3.05, 3.63) is 53.9 Å². The highest BCUT2D eigenvalue weighted by Gasteiger charge is 2.18. The first-order valence-corrected chi connectivity index (χ1v) is 7.70. The average molecular weight is 339 g/mol. The van der Waals surface area contributed by atoms with Crippen LogP contribution in [-0.4, -0.2) is 22.0 Å². The molecular weight excluding hydrogens is 322 g/mol. The van der Waals surface area contributed by atoms with Gasteiger partial charge < -0.3 is 20.6 Å². The summed E-state index contributed by atoms with van der Waals surface area (Å²) in [5.41, 5.74) is 7.35. The third kappa shape index (κ3) is 3.77. The van der Waals surface area contributed by atoms with Crippen LogP contribution in [0.4, 0.5) is 11.5 Å². The van der Waals surface area contributed by atoms with Gasteiger partial charge in [-0.25, -0.2) is 4.98 Å². The zero-order valence-electron chi connectivity index (χ0n) is 13.5. The normalized spacial score (nSPS) is 12.0. The topological polar surface area (TPSA) is 118 Å². The second kappa shape index (κ2) is 6.64. The van der Waals surface area contributed by atoms with Gasteiger partial charge in [0.15, 0.2) is 0 Å². The number of rotatable bonds is 5. The van der Waals surface area contributed by atoms with E-state index in [0.29, 0.717) is 28.5 Å². The van der Waals surface area contributed by atoms with Gasteiger partial charge in [0.25, 0.3) is 0 Å². The van der Waals surface area contributed by atoms with Crippen LogP contribution in [0.2, 0.25) is 0 Å². The Balaban J connectivity index is 1.75. The summed E-state index contributed by atoms with van der Waals surface area (Å²) in [5, 5.41) is 12.6. The molecule has 3 aromatic rings. The van der Waals surface area contributed by atoms with Gasteiger partial charge in [0.05, 0.1) is 12.1 Å². The molecule has 3 rings (SSSR count). The highest BCUT2D eigenvalue weighted by atomic mass is 16.4. The second-order valence-corrected chi connectivity index (χ2v) is 5.74. The Morgan fingerprint density at radius 3 is 2.80 bits per heavy atom. The number of nitrogens with two attached hydrogens (primary N) is 1. The number of carbonyl (C=O) groups is 2. The predicted octanol–water partition coefficient (Wildman–Crippen LogP) is 2.78. The molecule has 4 N–H and O–H groups in total. The number of hydrogen-bond acceptors (Lipinski definition) is 5. The first-order valence-electron chi connectivity index (χ1n) is 7.70. The molecule has 1 atom stereocenters. The largest absolute Gasteiger partial charge is 0.481 e. The van der Waals surface area contributed by atoms with E-state index in [4.69, 9.17) is 15.3 Å². The summed E-state index contributed by atoms with van der Waals surface area (Å²) in [4.78, 5) is 27.3. The van der Waals surface area contributed by atoms with E-state index in [0.717, 1.165) is 5.39 Å². The maximum absolute atomic E-state index is 12.1. The van der Waals surface area contributed by atoms with Crippen LogP contribution in [-0.2, 0) is 16.0 Å². The lowest BCUT2D eigenvalue weighted by Gasteiger charge is -2.05. The van der Waals surface area contributed by atoms with Gasteiger partial charge in [0, 0.05) is 11.1 Å². The monoisotopic (exact) mass is 339 g/mol. The summed E-state index contributed by atoms with van der Waals surface area (Å²) >= 11 is 0. The first-order chi connectivity index (χ1) is 11.9. The standard InChI is InChI=1S/C18H17N3O4/c1-10(18(23)24)15-8-11-7-13(5-6-14(11)25-15)21-17(22)9-12-3-2-4-16(19)20-12/h2-8,10H,9H2,1H3,(H2,19,20)(H,21,22)(H,23,24). The van der Waals surface area contributed by atoms with E-state index < -0.39 is 11.9 Å². The van der Waals surface area contributed by atoms with E-state index in [1.807, 2.05) is 0 Å². The van der Waals surface area contributed by atoms with Crippen molar-refractivity contribution in [2.45, 2.75) is 19.3 Å². The molecule has 25 heavy (non-hydrogen) atoms. The Bertz CT molecular complexity index is 948. The van der Waals surface area contributed by atoms with Crippen molar-refractivity contribution in [1.82, 2.24) is 4.98 Å². The summed E-state index contributed by atoms with van der Waals surface area (Å²) in [7, 11) is 0. The molecule has 0 saturated carbocycles. The van der Waals surface area contributed by atoms with E-state index in [9.17, 15) is 9.59 Å². The van der Waals surface area contributed by atoms with Crippen LogP contribution in [0.25, 0.3) is 11.0 Å². The fraction of sp³-hybridized carbons (Fsp3) is 0.167. The van der Waals surface area contributed by atoms with Crippen molar-refractivity contribution in [2.75, 3.05) is 11.1 Å². The number of carboxylic acids is 1. The maximum Gasteiger partial charge on any atom is 0.313 e. The number of nitrogens with one attached hydrogen (secondary N) is 1. The Kier molecular flexibility index (Phi) is 4.38. The molecule has 0 saturated heterocycles. The summed E-state index contributed by atoms with van der Waals surface area (Å²) in [6.45, 7) is 1.56. The number of aromatic nitrogens is 1. The van der Waals surface area contributed by atoms with Gasteiger partial charge in [-0.15, -0.1) is 0 Å². The maximum atomic E-state index is 12.1. The van der Waals surface area contributed by atoms with Crippen LogP contribution in [0, 0.1) is 0 Å². The highest BCUT2D eigenvalue weighted by molar-refractivity contribution is 5.94. The number of carbonyl (C=O) groups excluding carboxylic acids is 1. The Labute approximate surface area is 143 Å². The number of benzene rings is 1. The average Bonchev–Trinajstić information content (AvgIpc) is 2.97. The first kappa shape index (κ1) is 16.5. The van der Waals surface area contributed by atoms with E-state index in [2.05, 4.69) is 10.3 Å². The molecule has 0 aliphatic heterocycles. The van der Waals surface area contributed by atoms with Gasteiger partial charge in [0.2, 0.25) is 5.91 Å². The highest BCUT2D eigenvalue weighted by Crippen LogP contribution is 2.27. The van der Waals surface area contributed by atoms with Crippen LogP contribution < -0.4 is 11.1 Å². The lowest BCUT2D eigenvalue weighted by atomic mass is 10.1. The molecule has 2 heterocycles. The van der Waals surface area contributed by atoms with Crippen LogP contribution in [0.5, 0.6) is 0 Å². The number of carboxylic acid groups (broad SMARTS) is 1. The van der Waals surface area contributed by atoms with Crippen LogP contribution in [0.15, 0.2) is 46.9 Å². The molecule has 1 unspecified atom stereocenters. The number of amides is 1. The van der Waals surface area contributed by atoms with Gasteiger partial charge in [-0.05, 0) is 43.3 Å². The molecule has 0 fully saturated rings. The van der Waals surface area contributed by atoms with Crippen molar-refractivity contribution in [2.24, 2.45) is 0 Å². The molecule has 1 aromatic carbocycles. The van der Waals surface area contributed by atoms with E-state index >= 15 is 0 Å². The zero-order valence-corrected chi connectivity index (χ0v) is 13.5. The number of furan rings is 1. The number of fused-ring (bicyclic) bond motifs is 1. The second-order valence-electron chi connectivity index (χ2n) is 5.74. The molecule has 0 aliphatic carbocycles. The number of pyridine rings is 1. The molecule has 7 nitrogen and oxygen atoms in total. The summed E-state index contributed by atoms with van der Waals surface area (Å²) < 4.78 is 5.54. The summed E-state index contributed by atoms with van der Waals surface area (Å²) in [6, 6.07) is 11.9. The predicted molar refractivity (Wildman–Crippen MR) is 93.2 cm³/mol. The summed E-state index contributed by atoms with van der Waals surface area (Å²) in [5.74, 6) is -1.18. The van der Waals surface area contributed by atoms with E-state index in [1.54, 1.807) is 49.4 Å². The minimum absolute atomic E-state index is 0.107. The molecule has 128 valence electrons. The number of nitrogen functional groups attached to an aromatic ring is 1. The van der Waals surface area contributed by atoms with Crippen LogP contribution in [0.1, 0.15) is 24.3 Å². The number of nitrogens with zero attached hydrogens (tertiary/aromatic N) is 1. The van der Waals surface area contributed by atoms with Crippen molar-refractivity contribution in [3.63, 3.8) is 0 Å². The smallest absolute Gasteiger partial charge is 0.313 e. The molecule has 1 amide bonds. The molecular formula is C18H17N3O4. The van der Waals surface area contributed by atoms with Gasteiger partial charge in [-0.3, -0.25) is 9.59 Å². The lowest BCUT2D eigenvalue weighted by molar-refractivity contribution is -0.138. The number of anilines is 2. The van der Waals surface area contributed by atoms with Crippen molar-refractivity contribution >= 4 is 34.4 Å². The van der Waals surface area contributed by atoms with Crippen molar-refractivity contribution in [3.8, 4) is 0 Å². The molecule has 0 aliphatic rings. The van der Waals surface area contributed by atoms with Crippen LogP contribution >= 0.6 is 0 Å². The van der Waals surface area contributed by atoms with Gasteiger partial charge in [-0.1, -0.05) is 6.07 Å². The molecule has 0 spiro atoms. The fourth-order valence-electron chi connectivity index (χ4n) is 2.44. The molecule has 0 radical (unpaired) electrons. The quantitative estimate of drug-likeness (QED) is 0.658. The van der Waals surface area contributed by atoms with Gasteiger partial charge in [-0.2, -0.15) is 0 Å². The molecule has 0 bridgehead atoms. The molecule has 7 heteroatoms. The minimum atomic E-state index is -0.956. The lowest BCUT2D eigenvalue weighted by Crippen LogP contribution is -2.15. The zero-order chi connectivity index (χ0) is 18.0. The van der Waals surface area contributed by atoms with Crippen molar-refractivity contribution < 1.29 is 19.1 Å². The Morgan fingerprint density at radius 1 is 1.28 bits per heavy atom. The van der Waals surface area contributed by atoms with Gasteiger partial charge in [0.1, 0.15) is 23.1 Å². The van der Waals surface area contributed by atoms with Gasteiger partial charge >= 0.3 is 5.97 Å². The number of hydrogen-bond donors (Lipinski definition) is 3. The van der Waals surface area contributed by atoms with Crippen LogP contribution in [0.3, 0.4) is 0 Å². The van der Waals surface area contributed by atoms with Crippen molar-refractivity contribution in [1.29, 1.82) is 0 Å². The SMILES string of the molecule is CC(C(=O)O)c1cc2cc(NC(=O)Cc3cccc(N)n3)ccc2o1. The summed E-state index contributed by atoms with van der Waals surface area (Å²) in [6.07, 6.45) is 0.107. The minimum Gasteiger partial charge on any atom is -0.481 e. The Morgan fingerprint density at radius 2 is 2.08 bits per heavy atom. The third-order valence-electron chi connectivity index (χ3n) is 3.79.